The van der Waals surface area contributed by atoms with E-state index < -0.39 is 28.5 Å². The molecule has 10 heteroatoms. The number of amides is 2. The number of carbonyl (C=O) groups is 2. The van der Waals surface area contributed by atoms with Crippen molar-refractivity contribution in [2.75, 3.05) is 30.8 Å². The van der Waals surface area contributed by atoms with Crippen LogP contribution in [0.3, 0.4) is 0 Å². The Hall–Kier alpha value is -2.78. The van der Waals surface area contributed by atoms with Crippen molar-refractivity contribution in [1.29, 1.82) is 0 Å². The summed E-state index contributed by atoms with van der Waals surface area (Å²) in [5.74, 6) is -0.560. The SMILES string of the molecule is CCCCNC(=O)C(C)N(Cc1ccccc1Cl)C(=O)CN(c1ccccc1OC)S(C)(=O)=O. The van der Waals surface area contributed by atoms with Crippen molar-refractivity contribution in [3.05, 3.63) is 59.1 Å². The molecule has 2 amide bonds. The van der Waals surface area contributed by atoms with Gasteiger partial charge in [-0.1, -0.05) is 55.3 Å². The lowest BCUT2D eigenvalue weighted by Gasteiger charge is -2.32. The average Bonchev–Trinajstić information content (AvgIpc) is 2.80. The molecule has 0 saturated heterocycles. The van der Waals surface area contributed by atoms with Gasteiger partial charge in [0.25, 0.3) is 0 Å². The van der Waals surface area contributed by atoms with E-state index in [4.69, 9.17) is 16.3 Å². The van der Waals surface area contributed by atoms with Crippen LogP contribution in [-0.4, -0.2) is 57.6 Å². The van der Waals surface area contributed by atoms with E-state index >= 15 is 0 Å². The maximum Gasteiger partial charge on any atom is 0.244 e. The molecule has 186 valence electrons. The number of benzene rings is 2. The highest BCUT2D eigenvalue weighted by atomic mass is 35.5. The van der Waals surface area contributed by atoms with Gasteiger partial charge in [-0.15, -0.1) is 0 Å². The van der Waals surface area contributed by atoms with E-state index in [2.05, 4.69) is 5.32 Å². The molecule has 0 bridgehead atoms. The fourth-order valence-corrected chi connectivity index (χ4v) is 4.41. The van der Waals surface area contributed by atoms with Gasteiger partial charge >= 0.3 is 0 Å². The molecule has 0 radical (unpaired) electrons. The van der Waals surface area contributed by atoms with Crippen molar-refractivity contribution >= 4 is 39.1 Å². The number of halogens is 1. The van der Waals surface area contributed by atoms with Gasteiger partial charge in [0, 0.05) is 18.1 Å². The van der Waals surface area contributed by atoms with Crippen LogP contribution in [0.5, 0.6) is 5.75 Å². The van der Waals surface area contributed by atoms with Crippen LogP contribution in [0.4, 0.5) is 5.69 Å². The Bertz CT molecular complexity index is 1090. The van der Waals surface area contributed by atoms with E-state index in [1.165, 1.54) is 12.0 Å². The summed E-state index contributed by atoms with van der Waals surface area (Å²) >= 11 is 6.31. The Balaban J connectivity index is 2.40. The standard InChI is InChI=1S/C24H32ClN3O5S/c1-5-6-15-26-24(30)18(2)27(16-19-11-7-8-12-20(19)25)23(29)17-28(34(4,31)32)21-13-9-10-14-22(21)33-3/h7-14,18H,5-6,15-17H2,1-4H3,(H,26,30). The summed E-state index contributed by atoms with van der Waals surface area (Å²) in [6, 6.07) is 12.7. The maximum atomic E-state index is 13.5. The lowest BCUT2D eigenvalue weighted by Crippen LogP contribution is -2.51. The van der Waals surface area contributed by atoms with Crippen LogP contribution in [0.25, 0.3) is 0 Å². The van der Waals surface area contributed by atoms with E-state index in [-0.39, 0.29) is 18.1 Å². The summed E-state index contributed by atoms with van der Waals surface area (Å²) in [6.45, 7) is 3.66. The molecule has 0 heterocycles. The van der Waals surface area contributed by atoms with Gasteiger partial charge in [-0.2, -0.15) is 0 Å². The Morgan fingerprint density at radius 2 is 1.76 bits per heavy atom. The highest BCUT2D eigenvalue weighted by molar-refractivity contribution is 7.92. The first-order chi connectivity index (χ1) is 16.1. The first-order valence-corrected chi connectivity index (χ1v) is 13.2. The normalized spacial score (nSPS) is 12.0. The number of nitrogens with one attached hydrogen (secondary N) is 1. The largest absolute Gasteiger partial charge is 0.495 e. The molecule has 0 spiro atoms. The molecule has 2 rings (SSSR count). The van der Waals surface area contributed by atoms with Gasteiger partial charge in [0.05, 0.1) is 19.1 Å². The summed E-state index contributed by atoms with van der Waals surface area (Å²) in [6.07, 6.45) is 2.75. The number of unbranched alkanes of at least 4 members (excludes halogenated alkanes) is 1. The second kappa shape index (κ2) is 12.6. The van der Waals surface area contributed by atoms with Gasteiger partial charge in [-0.3, -0.25) is 13.9 Å². The third-order valence-corrected chi connectivity index (χ3v) is 6.82. The maximum absolute atomic E-state index is 13.5. The van der Waals surface area contributed by atoms with Crippen LogP contribution < -0.4 is 14.4 Å². The summed E-state index contributed by atoms with van der Waals surface area (Å²) in [7, 11) is -2.42. The second-order valence-corrected chi connectivity index (χ2v) is 10.2. The fourth-order valence-electron chi connectivity index (χ4n) is 3.36. The zero-order valence-electron chi connectivity index (χ0n) is 20.0. The molecule has 1 N–H and O–H groups in total. The first kappa shape index (κ1) is 27.5. The molecule has 0 aliphatic rings. The molecule has 2 aromatic carbocycles. The molecular weight excluding hydrogens is 478 g/mol. The zero-order chi connectivity index (χ0) is 25.3. The van der Waals surface area contributed by atoms with Crippen molar-refractivity contribution in [2.24, 2.45) is 0 Å². The number of hydrogen-bond acceptors (Lipinski definition) is 5. The second-order valence-electron chi connectivity index (χ2n) is 7.88. The van der Waals surface area contributed by atoms with Gasteiger partial charge in [0.2, 0.25) is 21.8 Å². The topological polar surface area (TPSA) is 96.0 Å². The van der Waals surface area contributed by atoms with Crippen LogP contribution in [0.2, 0.25) is 5.02 Å². The number of para-hydroxylation sites is 2. The molecule has 0 aliphatic carbocycles. The number of ether oxygens (including phenoxy) is 1. The molecule has 0 aliphatic heterocycles. The van der Waals surface area contributed by atoms with Crippen LogP contribution in [0.1, 0.15) is 32.3 Å². The third-order valence-electron chi connectivity index (χ3n) is 5.33. The minimum absolute atomic E-state index is 0.0460. The van der Waals surface area contributed by atoms with Crippen LogP contribution >= 0.6 is 11.6 Å². The molecule has 0 aromatic heterocycles. The van der Waals surface area contributed by atoms with E-state index in [1.54, 1.807) is 55.5 Å². The van der Waals surface area contributed by atoms with E-state index in [9.17, 15) is 18.0 Å². The number of nitrogens with zero attached hydrogens (tertiary/aromatic N) is 2. The van der Waals surface area contributed by atoms with Crippen molar-refractivity contribution in [3.63, 3.8) is 0 Å². The van der Waals surface area contributed by atoms with Crippen LogP contribution in [0, 0.1) is 0 Å². The van der Waals surface area contributed by atoms with E-state index in [0.29, 0.717) is 22.9 Å². The van der Waals surface area contributed by atoms with E-state index in [1.807, 2.05) is 6.92 Å². The number of rotatable bonds is 12. The first-order valence-electron chi connectivity index (χ1n) is 11.0. The molecule has 2 aromatic rings. The minimum Gasteiger partial charge on any atom is -0.495 e. The lowest BCUT2D eigenvalue weighted by atomic mass is 10.1. The van der Waals surface area contributed by atoms with Crippen LogP contribution in [-0.2, 0) is 26.2 Å². The number of hydrogen-bond donors (Lipinski definition) is 1. The molecule has 34 heavy (non-hydrogen) atoms. The monoisotopic (exact) mass is 509 g/mol. The predicted molar refractivity (Wildman–Crippen MR) is 135 cm³/mol. The highest BCUT2D eigenvalue weighted by Crippen LogP contribution is 2.30. The Morgan fingerprint density at radius 3 is 2.38 bits per heavy atom. The summed E-state index contributed by atoms with van der Waals surface area (Å²) in [4.78, 5) is 27.7. The number of carbonyl (C=O) groups excluding carboxylic acids is 2. The smallest absolute Gasteiger partial charge is 0.244 e. The zero-order valence-corrected chi connectivity index (χ0v) is 21.5. The Morgan fingerprint density at radius 1 is 1.12 bits per heavy atom. The van der Waals surface area contributed by atoms with Gasteiger partial charge in [-0.05, 0) is 37.1 Å². The Labute approximate surface area is 206 Å². The summed E-state index contributed by atoms with van der Waals surface area (Å²) < 4.78 is 31.6. The van der Waals surface area contributed by atoms with Gasteiger partial charge in [0.1, 0.15) is 18.3 Å². The van der Waals surface area contributed by atoms with Gasteiger partial charge < -0.3 is 15.0 Å². The highest BCUT2D eigenvalue weighted by Gasteiger charge is 2.31. The molecule has 8 nitrogen and oxygen atoms in total. The summed E-state index contributed by atoms with van der Waals surface area (Å²) in [5.41, 5.74) is 0.882. The number of anilines is 1. The summed E-state index contributed by atoms with van der Waals surface area (Å²) in [5, 5.41) is 3.28. The van der Waals surface area contributed by atoms with Crippen LogP contribution in [0.15, 0.2) is 48.5 Å². The lowest BCUT2D eigenvalue weighted by molar-refractivity contribution is -0.139. The fraction of sp³-hybridized carbons (Fsp3) is 0.417. The van der Waals surface area contributed by atoms with Gasteiger partial charge in [-0.25, -0.2) is 8.42 Å². The molecule has 1 atom stereocenters. The molecule has 0 fully saturated rings. The van der Waals surface area contributed by atoms with Crippen molar-refractivity contribution in [1.82, 2.24) is 10.2 Å². The van der Waals surface area contributed by atoms with Crippen molar-refractivity contribution < 1.29 is 22.7 Å². The third kappa shape index (κ3) is 7.36. The quantitative estimate of drug-likeness (QED) is 0.442. The van der Waals surface area contributed by atoms with Gasteiger partial charge in [0.15, 0.2) is 0 Å². The van der Waals surface area contributed by atoms with Crippen molar-refractivity contribution in [2.45, 2.75) is 39.3 Å². The predicted octanol–water partition coefficient (Wildman–Crippen LogP) is 3.45. The molecule has 0 saturated carbocycles. The average molecular weight is 510 g/mol. The van der Waals surface area contributed by atoms with E-state index in [0.717, 1.165) is 23.4 Å². The molecule has 1 unspecified atom stereocenters. The Kier molecular flexibility index (Phi) is 10.2. The minimum atomic E-state index is -3.84. The van der Waals surface area contributed by atoms with Crippen molar-refractivity contribution in [3.8, 4) is 5.75 Å². The number of sulfonamides is 1. The number of methoxy groups -OCH3 is 1. The molecular formula is C24H32ClN3O5S.